The Morgan fingerprint density at radius 3 is 2.74 bits per heavy atom. The summed E-state index contributed by atoms with van der Waals surface area (Å²) in [4.78, 5) is 19.5. The van der Waals surface area contributed by atoms with Gasteiger partial charge in [-0.05, 0) is 30.5 Å². The van der Waals surface area contributed by atoms with Gasteiger partial charge in [0.2, 0.25) is 0 Å². The molecule has 4 nitrogen and oxygen atoms in total. The minimum Gasteiger partial charge on any atom is -0.462 e. The van der Waals surface area contributed by atoms with Crippen LogP contribution in [-0.4, -0.2) is 22.5 Å². The Labute approximate surface area is 113 Å². The number of aromatic amines is 1. The summed E-state index contributed by atoms with van der Waals surface area (Å²) in [6.45, 7) is 8.70. The van der Waals surface area contributed by atoms with E-state index in [9.17, 15) is 4.79 Å². The quantitative estimate of drug-likeness (QED) is 0.861. The van der Waals surface area contributed by atoms with Crippen LogP contribution >= 0.6 is 0 Å². The van der Waals surface area contributed by atoms with Gasteiger partial charge in [-0.3, -0.25) is 0 Å². The van der Waals surface area contributed by atoms with E-state index < -0.39 is 0 Å². The van der Waals surface area contributed by atoms with Gasteiger partial charge in [-0.2, -0.15) is 0 Å². The molecule has 0 aliphatic heterocycles. The van der Waals surface area contributed by atoms with Crippen molar-refractivity contribution < 1.29 is 9.53 Å². The first-order valence-corrected chi connectivity index (χ1v) is 6.55. The zero-order chi connectivity index (χ0) is 14.0. The Hall–Kier alpha value is -1.84. The van der Waals surface area contributed by atoms with E-state index in [0.717, 1.165) is 23.3 Å². The van der Waals surface area contributed by atoms with Gasteiger partial charge in [-0.1, -0.05) is 20.8 Å². The number of imidazole rings is 1. The fourth-order valence-electron chi connectivity index (χ4n) is 1.99. The van der Waals surface area contributed by atoms with Crippen molar-refractivity contribution in [2.45, 2.75) is 34.1 Å². The van der Waals surface area contributed by atoms with Crippen molar-refractivity contribution in [3.63, 3.8) is 0 Å². The van der Waals surface area contributed by atoms with Gasteiger partial charge in [0.15, 0.2) is 0 Å². The van der Waals surface area contributed by atoms with Crippen LogP contribution in [0.15, 0.2) is 18.2 Å². The number of hydrogen-bond acceptors (Lipinski definition) is 3. The average Bonchev–Trinajstić information content (AvgIpc) is 2.67. The Morgan fingerprint density at radius 2 is 2.11 bits per heavy atom. The number of aromatic nitrogens is 2. The van der Waals surface area contributed by atoms with Crippen molar-refractivity contribution in [2.24, 2.45) is 5.41 Å². The molecule has 0 spiro atoms. The minimum absolute atomic E-state index is 0.178. The molecule has 1 heterocycles. The number of hydrogen-bond donors (Lipinski definition) is 1. The van der Waals surface area contributed by atoms with Crippen LogP contribution in [0.3, 0.4) is 0 Å². The largest absolute Gasteiger partial charge is 0.462 e. The zero-order valence-electron chi connectivity index (χ0n) is 11.9. The number of esters is 1. The number of carbonyl (C=O) groups excluding carboxylic acids is 1. The van der Waals surface area contributed by atoms with E-state index in [4.69, 9.17) is 4.74 Å². The third-order valence-electron chi connectivity index (χ3n) is 2.74. The van der Waals surface area contributed by atoms with Gasteiger partial charge < -0.3 is 9.72 Å². The highest BCUT2D eigenvalue weighted by Gasteiger charge is 2.15. The van der Waals surface area contributed by atoms with E-state index in [2.05, 4.69) is 30.7 Å². The molecule has 1 N–H and O–H groups in total. The lowest BCUT2D eigenvalue weighted by molar-refractivity contribution is 0.0526. The van der Waals surface area contributed by atoms with Gasteiger partial charge in [-0.15, -0.1) is 0 Å². The minimum atomic E-state index is -0.295. The van der Waals surface area contributed by atoms with Gasteiger partial charge >= 0.3 is 5.97 Å². The monoisotopic (exact) mass is 260 g/mol. The van der Waals surface area contributed by atoms with Crippen LogP contribution in [0.5, 0.6) is 0 Å². The molecular weight excluding hydrogens is 240 g/mol. The number of nitrogens with zero attached hydrogens (tertiary/aromatic N) is 1. The molecular formula is C15H20N2O2. The fraction of sp³-hybridized carbons (Fsp3) is 0.467. The van der Waals surface area contributed by atoms with E-state index in [1.54, 1.807) is 19.1 Å². The first-order valence-electron chi connectivity index (χ1n) is 6.55. The lowest BCUT2D eigenvalue weighted by Crippen LogP contribution is -2.10. The van der Waals surface area contributed by atoms with Gasteiger partial charge in [0, 0.05) is 6.42 Å². The fourth-order valence-corrected chi connectivity index (χ4v) is 1.99. The van der Waals surface area contributed by atoms with Gasteiger partial charge in [0.1, 0.15) is 5.82 Å². The summed E-state index contributed by atoms with van der Waals surface area (Å²) < 4.78 is 4.99. The Bertz CT molecular complexity index is 594. The predicted octanol–water partition coefficient (Wildman–Crippen LogP) is 3.33. The van der Waals surface area contributed by atoms with E-state index >= 15 is 0 Å². The topological polar surface area (TPSA) is 55.0 Å². The van der Waals surface area contributed by atoms with E-state index in [1.807, 2.05) is 6.07 Å². The lowest BCUT2D eigenvalue weighted by Gasteiger charge is -2.15. The van der Waals surface area contributed by atoms with Crippen LogP contribution in [-0.2, 0) is 11.2 Å². The SMILES string of the molecule is CCOC(=O)c1ccc2nc(CC(C)(C)C)[nH]c2c1. The van der Waals surface area contributed by atoms with Crippen LogP contribution in [0.4, 0.5) is 0 Å². The highest BCUT2D eigenvalue weighted by atomic mass is 16.5. The zero-order valence-corrected chi connectivity index (χ0v) is 11.9. The molecule has 0 saturated heterocycles. The van der Waals surface area contributed by atoms with Crippen LogP contribution < -0.4 is 0 Å². The summed E-state index contributed by atoms with van der Waals surface area (Å²) in [7, 11) is 0. The van der Waals surface area contributed by atoms with Gasteiger partial charge in [-0.25, -0.2) is 9.78 Å². The van der Waals surface area contributed by atoms with Crippen molar-refractivity contribution >= 4 is 17.0 Å². The molecule has 2 aromatic rings. The molecule has 102 valence electrons. The third kappa shape index (κ3) is 3.34. The highest BCUT2D eigenvalue weighted by Crippen LogP contribution is 2.21. The maximum atomic E-state index is 11.7. The molecule has 0 amide bonds. The second-order valence-electron chi connectivity index (χ2n) is 5.87. The van der Waals surface area contributed by atoms with Crippen LogP contribution in [0.2, 0.25) is 0 Å². The number of H-pyrrole nitrogens is 1. The molecule has 0 radical (unpaired) electrons. The summed E-state index contributed by atoms with van der Waals surface area (Å²) >= 11 is 0. The molecule has 0 aliphatic carbocycles. The summed E-state index contributed by atoms with van der Waals surface area (Å²) in [5, 5.41) is 0. The van der Waals surface area contributed by atoms with Crippen molar-refractivity contribution in [1.29, 1.82) is 0 Å². The van der Waals surface area contributed by atoms with E-state index in [1.165, 1.54) is 0 Å². The first kappa shape index (κ1) is 13.6. The lowest BCUT2D eigenvalue weighted by atomic mass is 9.92. The number of fused-ring (bicyclic) bond motifs is 1. The first-order chi connectivity index (χ1) is 8.89. The highest BCUT2D eigenvalue weighted by molar-refractivity contribution is 5.93. The molecule has 0 aliphatic rings. The van der Waals surface area contributed by atoms with Gasteiger partial charge in [0.25, 0.3) is 0 Å². The molecule has 0 unspecified atom stereocenters. The molecule has 0 bridgehead atoms. The second-order valence-corrected chi connectivity index (χ2v) is 5.87. The summed E-state index contributed by atoms with van der Waals surface area (Å²) in [5.41, 5.74) is 2.50. The maximum Gasteiger partial charge on any atom is 0.338 e. The number of benzene rings is 1. The number of rotatable bonds is 3. The predicted molar refractivity (Wildman–Crippen MR) is 75.2 cm³/mol. The molecule has 2 rings (SSSR count). The van der Waals surface area contributed by atoms with Crippen molar-refractivity contribution in [3.05, 3.63) is 29.6 Å². The second kappa shape index (κ2) is 5.03. The third-order valence-corrected chi connectivity index (χ3v) is 2.74. The van der Waals surface area contributed by atoms with Crippen molar-refractivity contribution in [3.8, 4) is 0 Å². The molecule has 0 fully saturated rings. The standard InChI is InChI=1S/C15H20N2O2/c1-5-19-14(18)10-6-7-11-12(8-10)17-13(16-11)9-15(2,3)4/h6-8H,5,9H2,1-4H3,(H,16,17). The van der Waals surface area contributed by atoms with E-state index in [-0.39, 0.29) is 11.4 Å². The smallest absolute Gasteiger partial charge is 0.338 e. The van der Waals surface area contributed by atoms with Gasteiger partial charge in [0.05, 0.1) is 23.2 Å². The van der Waals surface area contributed by atoms with E-state index in [0.29, 0.717) is 12.2 Å². The summed E-state index contributed by atoms with van der Waals surface area (Å²) in [5.74, 6) is 0.653. The maximum absolute atomic E-state index is 11.7. The molecule has 4 heteroatoms. The van der Waals surface area contributed by atoms with Crippen LogP contribution in [0.1, 0.15) is 43.9 Å². The van der Waals surface area contributed by atoms with Crippen LogP contribution in [0.25, 0.3) is 11.0 Å². The van der Waals surface area contributed by atoms with Crippen molar-refractivity contribution in [2.75, 3.05) is 6.61 Å². The summed E-state index contributed by atoms with van der Waals surface area (Å²) in [6, 6.07) is 5.40. The number of ether oxygens (including phenoxy) is 1. The van der Waals surface area contributed by atoms with Crippen LogP contribution in [0, 0.1) is 5.41 Å². The molecule has 1 aromatic carbocycles. The Balaban J connectivity index is 2.31. The molecule has 19 heavy (non-hydrogen) atoms. The molecule has 0 saturated carbocycles. The molecule has 0 atom stereocenters. The Kier molecular flexibility index (Phi) is 3.60. The Morgan fingerprint density at radius 1 is 1.37 bits per heavy atom. The molecule has 1 aromatic heterocycles. The summed E-state index contributed by atoms with van der Waals surface area (Å²) in [6.07, 6.45) is 0.871. The number of carbonyl (C=O) groups is 1. The van der Waals surface area contributed by atoms with Crippen molar-refractivity contribution in [1.82, 2.24) is 9.97 Å². The number of nitrogens with one attached hydrogen (secondary N) is 1. The average molecular weight is 260 g/mol. The normalized spacial score (nSPS) is 11.8.